The Morgan fingerprint density at radius 1 is 1.00 bits per heavy atom. The molecule has 4 rings (SSSR count). The number of rotatable bonds is 9. The Morgan fingerprint density at radius 3 is 2.43 bits per heavy atom. The number of nitrogens with zero attached hydrogens (tertiary/aromatic N) is 4. The van der Waals surface area contributed by atoms with E-state index in [1.165, 1.54) is 28.6 Å². The summed E-state index contributed by atoms with van der Waals surface area (Å²) < 4.78 is 32.1. The first-order valence-corrected chi connectivity index (χ1v) is 12.6. The summed E-state index contributed by atoms with van der Waals surface area (Å²) in [6, 6.07) is 16.9. The van der Waals surface area contributed by atoms with Crippen molar-refractivity contribution >= 4 is 21.6 Å². The Balaban J connectivity index is 1.49. The summed E-state index contributed by atoms with van der Waals surface area (Å²) in [6.07, 6.45) is 3.65. The first kappa shape index (κ1) is 24.2. The van der Waals surface area contributed by atoms with Crippen molar-refractivity contribution in [2.24, 2.45) is 0 Å². The van der Waals surface area contributed by atoms with Crippen LogP contribution in [0.3, 0.4) is 0 Å². The van der Waals surface area contributed by atoms with Crippen molar-refractivity contribution in [1.29, 1.82) is 0 Å². The van der Waals surface area contributed by atoms with Crippen LogP contribution in [-0.2, 0) is 16.4 Å². The highest BCUT2D eigenvalue weighted by Gasteiger charge is 2.22. The van der Waals surface area contributed by atoms with Gasteiger partial charge in [-0.1, -0.05) is 37.2 Å². The summed E-state index contributed by atoms with van der Waals surface area (Å²) in [5.41, 5.74) is 2.48. The zero-order valence-electron chi connectivity index (χ0n) is 19.4. The molecule has 2 aromatic heterocycles. The van der Waals surface area contributed by atoms with Gasteiger partial charge in [-0.15, -0.1) is 0 Å². The van der Waals surface area contributed by atoms with Crippen LogP contribution >= 0.6 is 0 Å². The molecule has 0 aliphatic carbocycles. The molecular formula is C25H25N5O4S. The highest BCUT2D eigenvalue weighted by atomic mass is 32.2. The molecule has 0 atom stereocenters. The number of anilines is 1. The summed E-state index contributed by atoms with van der Waals surface area (Å²) >= 11 is 0. The van der Waals surface area contributed by atoms with E-state index in [4.69, 9.17) is 4.52 Å². The molecule has 0 unspecified atom stereocenters. The summed E-state index contributed by atoms with van der Waals surface area (Å²) in [4.78, 5) is 21.5. The summed E-state index contributed by atoms with van der Waals surface area (Å²) in [6.45, 7) is 4.33. The van der Waals surface area contributed by atoms with Crippen molar-refractivity contribution in [3.8, 4) is 11.4 Å². The molecule has 0 saturated heterocycles. The summed E-state index contributed by atoms with van der Waals surface area (Å²) in [5.74, 6) is 0.483. The SMILES string of the molecule is CCN(CC)S(=O)(=O)c1ccc(C(=O)Nc2ccccc2Cc2nc(-c3cccnc3)no2)cc1. The number of carbonyl (C=O) groups is 1. The molecule has 2 aromatic carbocycles. The molecule has 1 amide bonds. The number of benzene rings is 2. The van der Waals surface area contributed by atoms with Gasteiger partial charge in [0.2, 0.25) is 21.7 Å². The first-order valence-electron chi connectivity index (χ1n) is 11.1. The van der Waals surface area contributed by atoms with Crippen LogP contribution in [0.2, 0.25) is 0 Å². The van der Waals surface area contributed by atoms with Gasteiger partial charge in [0.25, 0.3) is 5.91 Å². The number of sulfonamides is 1. The Kier molecular flexibility index (Phi) is 7.33. The molecule has 10 heteroatoms. The van der Waals surface area contributed by atoms with Crippen LogP contribution in [-0.4, -0.2) is 46.8 Å². The Labute approximate surface area is 203 Å². The molecule has 0 radical (unpaired) electrons. The van der Waals surface area contributed by atoms with Crippen LogP contribution in [0.1, 0.15) is 35.7 Å². The third kappa shape index (κ3) is 5.44. The standard InChI is InChI=1S/C25H25N5O4S/c1-3-30(4-2)35(32,33)21-13-11-18(12-14-21)25(31)27-22-10-6-5-8-19(22)16-23-28-24(29-34-23)20-9-7-15-26-17-20/h5-15,17H,3-4,16H2,1-2H3,(H,27,31). The predicted molar refractivity (Wildman–Crippen MR) is 131 cm³/mol. The van der Waals surface area contributed by atoms with Crippen molar-refractivity contribution in [3.63, 3.8) is 0 Å². The highest BCUT2D eigenvalue weighted by molar-refractivity contribution is 7.89. The van der Waals surface area contributed by atoms with Gasteiger partial charge in [0.15, 0.2) is 0 Å². The molecule has 0 aliphatic rings. The zero-order valence-corrected chi connectivity index (χ0v) is 20.2. The van der Waals surface area contributed by atoms with Crippen LogP contribution in [0.25, 0.3) is 11.4 Å². The second kappa shape index (κ2) is 10.6. The number of carbonyl (C=O) groups excluding carboxylic acids is 1. The molecule has 9 nitrogen and oxygen atoms in total. The second-order valence-electron chi connectivity index (χ2n) is 7.66. The van der Waals surface area contributed by atoms with Crippen LogP contribution in [0, 0.1) is 0 Å². The molecular weight excluding hydrogens is 466 g/mol. The van der Waals surface area contributed by atoms with E-state index in [-0.39, 0.29) is 10.8 Å². The minimum Gasteiger partial charge on any atom is -0.339 e. The molecule has 0 aliphatic heterocycles. The fraction of sp³-hybridized carbons (Fsp3) is 0.200. The number of pyridine rings is 1. The van der Waals surface area contributed by atoms with Gasteiger partial charge in [0.1, 0.15) is 0 Å². The lowest BCUT2D eigenvalue weighted by atomic mass is 10.1. The van der Waals surface area contributed by atoms with E-state index in [1.807, 2.05) is 24.3 Å². The zero-order chi connectivity index (χ0) is 24.8. The third-order valence-electron chi connectivity index (χ3n) is 5.45. The number of aromatic nitrogens is 3. The number of hydrogen-bond acceptors (Lipinski definition) is 7. The Hall–Kier alpha value is -3.89. The maximum Gasteiger partial charge on any atom is 0.255 e. The van der Waals surface area contributed by atoms with E-state index < -0.39 is 10.0 Å². The fourth-order valence-electron chi connectivity index (χ4n) is 3.58. The van der Waals surface area contributed by atoms with Crippen molar-refractivity contribution < 1.29 is 17.7 Å². The average Bonchev–Trinajstić information content (AvgIpc) is 3.35. The van der Waals surface area contributed by atoms with Crippen LogP contribution in [0.15, 0.2) is 82.5 Å². The Morgan fingerprint density at radius 2 is 1.74 bits per heavy atom. The van der Waals surface area contributed by atoms with Crippen molar-refractivity contribution in [1.82, 2.24) is 19.4 Å². The lowest BCUT2D eigenvalue weighted by molar-refractivity contribution is 0.102. The first-order chi connectivity index (χ1) is 16.9. The van der Waals surface area contributed by atoms with Gasteiger partial charge in [-0.25, -0.2) is 8.42 Å². The van der Waals surface area contributed by atoms with Crippen LogP contribution in [0.4, 0.5) is 5.69 Å². The smallest absolute Gasteiger partial charge is 0.255 e. The lowest BCUT2D eigenvalue weighted by Gasteiger charge is -2.18. The normalized spacial score (nSPS) is 11.5. The second-order valence-corrected chi connectivity index (χ2v) is 9.59. The molecule has 2 heterocycles. The minimum absolute atomic E-state index is 0.152. The van der Waals surface area contributed by atoms with E-state index in [9.17, 15) is 13.2 Å². The number of hydrogen-bond donors (Lipinski definition) is 1. The molecule has 4 aromatic rings. The van der Waals surface area contributed by atoms with Gasteiger partial charge in [-0.2, -0.15) is 9.29 Å². The van der Waals surface area contributed by atoms with Gasteiger partial charge >= 0.3 is 0 Å². The number of nitrogens with one attached hydrogen (secondary N) is 1. The Bertz CT molecular complexity index is 1400. The molecule has 0 spiro atoms. The minimum atomic E-state index is -3.59. The highest BCUT2D eigenvalue weighted by Crippen LogP contribution is 2.22. The largest absolute Gasteiger partial charge is 0.339 e. The maximum absolute atomic E-state index is 12.9. The van der Waals surface area contributed by atoms with Crippen LogP contribution in [0.5, 0.6) is 0 Å². The van der Waals surface area contributed by atoms with Crippen molar-refractivity contribution in [2.75, 3.05) is 18.4 Å². The molecule has 35 heavy (non-hydrogen) atoms. The van der Waals surface area contributed by atoms with Gasteiger partial charge in [-0.3, -0.25) is 9.78 Å². The molecule has 1 N–H and O–H groups in total. The number of para-hydroxylation sites is 1. The molecule has 180 valence electrons. The maximum atomic E-state index is 12.9. The quantitative estimate of drug-likeness (QED) is 0.376. The monoisotopic (exact) mass is 491 g/mol. The topological polar surface area (TPSA) is 118 Å². The van der Waals surface area contributed by atoms with Gasteiger partial charge < -0.3 is 9.84 Å². The molecule has 0 fully saturated rings. The van der Waals surface area contributed by atoms with E-state index in [1.54, 1.807) is 38.4 Å². The summed E-state index contributed by atoms with van der Waals surface area (Å²) in [7, 11) is -3.59. The average molecular weight is 492 g/mol. The van der Waals surface area contributed by atoms with E-state index >= 15 is 0 Å². The van der Waals surface area contributed by atoms with E-state index in [0.717, 1.165) is 11.1 Å². The lowest BCUT2D eigenvalue weighted by Crippen LogP contribution is -2.30. The van der Waals surface area contributed by atoms with E-state index in [2.05, 4.69) is 20.4 Å². The third-order valence-corrected chi connectivity index (χ3v) is 7.52. The molecule has 0 bridgehead atoms. The van der Waals surface area contributed by atoms with Crippen LogP contribution < -0.4 is 5.32 Å². The van der Waals surface area contributed by atoms with E-state index in [0.29, 0.717) is 42.5 Å². The summed E-state index contributed by atoms with van der Waals surface area (Å²) in [5, 5.41) is 6.90. The fourth-order valence-corrected chi connectivity index (χ4v) is 5.04. The van der Waals surface area contributed by atoms with Crippen molar-refractivity contribution in [2.45, 2.75) is 25.2 Å². The predicted octanol–water partition coefficient (Wildman–Crippen LogP) is 4.01. The van der Waals surface area contributed by atoms with Gasteiger partial charge in [0, 0.05) is 42.3 Å². The van der Waals surface area contributed by atoms with Gasteiger partial charge in [0.05, 0.1) is 11.3 Å². The van der Waals surface area contributed by atoms with Gasteiger partial charge in [-0.05, 0) is 48.0 Å². The number of amides is 1. The molecule has 0 saturated carbocycles. The van der Waals surface area contributed by atoms with Crippen molar-refractivity contribution in [3.05, 3.63) is 90.1 Å².